The predicted molar refractivity (Wildman–Crippen MR) is 62.5 cm³/mol. The molecular formula is C12H17N3O3. The second-order valence-electron chi connectivity index (χ2n) is 5.30. The van der Waals surface area contributed by atoms with Gasteiger partial charge < -0.3 is 9.84 Å². The minimum Gasteiger partial charge on any atom is -0.476 e. The predicted octanol–water partition coefficient (Wildman–Crippen LogP) is 1.56. The third-order valence-electron chi connectivity index (χ3n) is 4.21. The zero-order valence-corrected chi connectivity index (χ0v) is 10.4. The van der Waals surface area contributed by atoms with Crippen LogP contribution >= 0.6 is 0 Å². The number of nitrogens with zero attached hydrogens (tertiary/aromatic N) is 3. The van der Waals surface area contributed by atoms with Crippen molar-refractivity contribution in [2.75, 3.05) is 6.61 Å². The van der Waals surface area contributed by atoms with E-state index < -0.39 is 5.97 Å². The smallest absolute Gasteiger partial charge is 0.358 e. The first-order valence-electron chi connectivity index (χ1n) is 6.40. The molecule has 0 radical (unpaired) electrons. The molecule has 1 aromatic heterocycles. The number of hydrogen-bond acceptors (Lipinski definition) is 4. The number of aromatic carboxylic acids is 1. The minimum atomic E-state index is -1.01. The molecule has 1 atom stereocenters. The Morgan fingerprint density at radius 1 is 1.56 bits per heavy atom. The van der Waals surface area contributed by atoms with Crippen LogP contribution in [0.2, 0.25) is 0 Å². The molecule has 1 saturated carbocycles. The number of carboxylic acids is 1. The van der Waals surface area contributed by atoms with Crippen LogP contribution in [0.25, 0.3) is 0 Å². The summed E-state index contributed by atoms with van der Waals surface area (Å²) in [6.45, 7) is 2.50. The number of aromatic nitrogens is 3. The van der Waals surface area contributed by atoms with Gasteiger partial charge in [-0.1, -0.05) is 5.21 Å². The Kier molecular flexibility index (Phi) is 2.62. The first-order valence-corrected chi connectivity index (χ1v) is 6.40. The lowest BCUT2D eigenvalue weighted by atomic mass is 9.74. The highest BCUT2D eigenvalue weighted by molar-refractivity contribution is 5.86. The highest BCUT2D eigenvalue weighted by Crippen LogP contribution is 2.45. The molecule has 2 heterocycles. The van der Waals surface area contributed by atoms with Crippen LogP contribution in [-0.4, -0.2) is 38.3 Å². The molecule has 6 nitrogen and oxygen atoms in total. The summed E-state index contributed by atoms with van der Waals surface area (Å²) in [5, 5.41) is 16.8. The fourth-order valence-electron chi connectivity index (χ4n) is 3.02. The van der Waals surface area contributed by atoms with E-state index in [4.69, 9.17) is 9.84 Å². The summed E-state index contributed by atoms with van der Waals surface area (Å²) < 4.78 is 7.64. The molecule has 1 aromatic rings. The summed E-state index contributed by atoms with van der Waals surface area (Å²) >= 11 is 0. The van der Waals surface area contributed by atoms with Gasteiger partial charge in [0, 0.05) is 6.61 Å². The van der Waals surface area contributed by atoms with Crippen molar-refractivity contribution in [2.24, 2.45) is 0 Å². The van der Waals surface area contributed by atoms with Gasteiger partial charge in [-0.3, -0.25) is 0 Å². The highest BCUT2D eigenvalue weighted by atomic mass is 16.5. The monoisotopic (exact) mass is 251 g/mol. The lowest BCUT2D eigenvalue weighted by molar-refractivity contribution is -0.141. The van der Waals surface area contributed by atoms with E-state index in [0.717, 1.165) is 32.3 Å². The second kappa shape index (κ2) is 4.05. The van der Waals surface area contributed by atoms with E-state index >= 15 is 0 Å². The third kappa shape index (κ3) is 1.71. The van der Waals surface area contributed by atoms with Gasteiger partial charge >= 0.3 is 5.97 Å². The molecule has 1 aliphatic heterocycles. The van der Waals surface area contributed by atoms with Crippen LogP contribution in [0, 0.1) is 6.92 Å². The van der Waals surface area contributed by atoms with Gasteiger partial charge in [0.2, 0.25) is 0 Å². The normalized spacial score (nSPS) is 25.9. The number of hydrogen-bond donors (Lipinski definition) is 1. The zero-order valence-electron chi connectivity index (χ0n) is 10.4. The van der Waals surface area contributed by atoms with Gasteiger partial charge in [0.15, 0.2) is 5.69 Å². The number of carbonyl (C=O) groups is 1. The molecule has 18 heavy (non-hydrogen) atoms. The molecule has 2 fully saturated rings. The van der Waals surface area contributed by atoms with Gasteiger partial charge in [0.1, 0.15) is 0 Å². The summed E-state index contributed by atoms with van der Waals surface area (Å²) in [6, 6.07) is 0.222. The lowest BCUT2D eigenvalue weighted by Crippen LogP contribution is -2.46. The van der Waals surface area contributed by atoms with Gasteiger partial charge in [0.05, 0.1) is 17.3 Å². The second-order valence-corrected chi connectivity index (χ2v) is 5.30. The van der Waals surface area contributed by atoms with Crippen molar-refractivity contribution in [3.05, 3.63) is 11.4 Å². The minimum absolute atomic E-state index is 0.0324. The standard InChI is InChI=1S/C12H17N3O3/c1-8-10(11(16)17)13-14-15(8)9-3-6-18-12(7-9)4-2-5-12/h9H,2-7H2,1H3,(H,16,17). The molecule has 0 aromatic carbocycles. The maximum atomic E-state index is 11.0. The van der Waals surface area contributed by atoms with Crippen LogP contribution in [0.3, 0.4) is 0 Å². The Morgan fingerprint density at radius 3 is 2.89 bits per heavy atom. The van der Waals surface area contributed by atoms with E-state index in [9.17, 15) is 4.79 Å². The molecule has 0 bridgehead atoms. The fourth-order valence-corrected chi connectivity index (χ4v) is 3.02. The van der Waals surface area contributed by atoms with Crippen LogP contribution in [0.15, 0.2) is 0 Å². The molecule has 2 aliphatic rings. The van der Waals surface area contributed by atoms with E-state index in [1.54, 1.807) is 11.6 Å². The molecule has 1 aliphatic carbocycles. The van der Waals surface area contributed by atoms with Crippen molar-refractivity contribution in [3.63, 3.8) is 0 Å². The van der Waals surface area contributed by atoms with Crippen molar-refractivity contribution in [3.8, 4) is 0 Å². The van der Waals surface area contributed by atoms with E-state index in [0.29, 0.717) is 5.69 Å². The summed E-state index contributed by atoms with van der Waals surface area (Å²) in [6.07, 6.45) is 5.26. The summed E-state index contributed by atoms with van der Waals surface area (Å²) in [5.41, 5.74) is 0.734. The third-order valence-corrected chi connectivity index (χ3v) is 4.21. The van der Waals surface area contributed by atoms with Crippen LogP contribution in [0.5, 0.6) is 0 Å². The van der Waals surface area contributed by atoms with E-state index in [-0.39, 0.29) is 17.3 Å². The Bertz CT molecular complexity index is 479. The molecule has 3 rings (SSSR count). The summed E-state index contributed by atoms with van der Waals surface area (Å²) in [4.78, 5) is 11.0. The molecule has 1 N–H and O–H groups in total. The van der Waals surface area contributed by atoms with Crippen molar-refractivity contribution in [1.82, 2.24) is 15.0 Å². The number of carboxylic acid groups (broad SMARTS) is 1. The van der Waals surface area contributed by atoms with Crippen molar-refractivity contribution in [1.29, 1.82) is 0 Å². The highest BCUT2D eigenvalue weighted by Gasteiger charge is 2.43. The summed E-state index contributed by atoms with van der Waals surface area (Å²) in [5.74, 6) is -1.01. The topological polar surface area (TPSA) is 77.2 Å². The molecule has 1 unspecified atom stereocenters. The Hall–Kier alpha value is -1.43. The van der Waals surface area contributed by atoms with Crippen LogP contribution in [0.1, 0.15) is 54.3 Å². The fraction of sp³-hybridized carbons (Fsp3) is 0.750. The summed E-state index contributed by atoms with van der Waals surface area (Å²) in [7, 11) is 0. The van der Waals surface area contributed by atoms with Gasteiger partial charge in [-0.25, -0.2) is 9.48 Å². The maximum Gasteiger partial charge on any atom is 0.358 e. The molecule has 6 heteroatoms. The molecular weight excluding hydrogens is 234 g/mol. The Labute approximate surface area is 105 Å². The maximum absolute atomic E-state index is 11.0. The molecule has 0 amide bonds. The van der Waals surface area contributed by atoms with E-state index in [2.05, 4.69) is 10.3 Å². The van der Waals surface area contributed by atoms with Crippen LogP contribution < -0.4 is 0 Å². The molecule has 98 valence electrons. The van der Waals surface area contributed by atoms with Crippen molar-refractivity contribution in [2.45, 2.75) is 50.7 Å². The van der Waals surface area contributed by atoms with Crippen molar-refractivity contribution < 1.29 is 14.6 Å². The lowest BCUT2D eigenvalue weighted by Gasteiger charge is -2.47. The number of rotatable bonds is 2. The quantitative estimate of drug-likeness (QED) is 0.863. The molecule has 1 spiro atoms. The SMILES string of the molecule is Cc1c(C(=O)O)nnn1C1CCOC2(CCC2)C1. The van der Waals surface area contributed by atoms with Gasteiger partial charge in [-0.2, -0.15) is 0 Å². The van der Waals surface area contributed by atoms with Crippen LogP contribution in [0.4, 0.5) is 0 Å². The van der Waals surface area contributed by atoms with Gasteiger partial charge in [0.25, 0.3) is 0 Å². The first kappa shape index (κ1) is 11.6. The van der Waals surface area contributed by atoms with Crippen molar-refractivity contribution >= 4 is 5.97 Å². The largest absolute Gasteiger partial charge is 0.476 e. The van der Waals surface area contributed by atoms with Gasteiger partial charge in [-0.15, -0.1) is 5.10 Å². The average Bonchev–Trinajstić information content (AvgIpc) is 2.69. The van der Waals surface area contributed by atoms with Crippen LogP contribution in [-0.2, 0) is 4.74 Å². The van der Waals surface area contributed by atoms with E-state index in [1.165, 1.54) is 6.42 Å². The zero-order chi connectivity index (χ0) is 12.8. The Balaban J connectivity index is 1.84. The van der Waals surface area contributed by atoms with Gasteiger partial charge in [-0.05, 0) is 39.0 Å². The average molecular weight is 251 g/mol. The molecule has 1 saturated heterocycles. The van der Waals surface area contributed by atoms with E-state index in [1.807, 2.05) is 0 Å². The number of ether oxygens (including phenoxy) is 1. The Morgan fingerprint density at radius 2 is 2.33 bits per heavy atom. The first-order chi connectivity index (χ1) is 8.61.